The zero-order valence-corrected chi connectivity index (χ0v) is 14.0. The fourth-order valence-corrected chi connectivity index (χ4v) is 2.79. The van der Waals surface area contributed by atoms with E-state index >= 15 is 0 Å². The van der Waals surface area contributed by atoms with Gasteiger partial charge in [0.2, 0.25) is 5.91 Å². The number of benzene rings is 1. The predicted octanol–water partition coefficient (Wildman–Crippen LogP) is 0.786. The van der Waals surface area contributed by atoms with Crippen molar-refractivity contribution in [3.8, 4) is 5.75 Å². The maximum absolute atomic E-state index is 13.6. The number of halogens is 1. The summed E-state index contributed by atoms with van der Waals surface area (Å²) in [7, 11) is 1.35. The molecule has 0 radical (unpaired) electrons. The number of primary amides is 1. The van der Waals surface area contributed by atoms with Crippen LogP contribution in [0, 0.1) is 5.82 Å². The number of carbonyl (C=O) groups is 3. The Labute approximate surface area is 144 Å². The summed E-state index contributed by atoms with van der Waals surface area (Å²) in [6.45, 7) is -0.0606. The van der Waals surface area contributed by atoms with Crippen molar-refractivity contribution in [2.75, 3.05) is 20.3 Å². The molecule has 0 unspecified atom stereocenters. The summed E-state index contributed by atoms with van der Waals surface area (Å²) in [5, 5.41) is 0. The van der Waals surface area contributed by atoms with Crippen LogP contribution >= 0.6 is 0 Å². The van der Waals surface area contributed by atoms with Crippen molar-refractivity contribution in [1.82, 2.24) is 4.90 Å². The number of carbonyl (C=O) groups excluding carboxylic acids is 3. The molecule has 0 saturated carbocycles. The first kappa shape index (κ1) is 18.7. The van der Waals surface area contributed by atoms with Gasteiger partial charge in [-0.3, -0.25) is 14.4 Å². The number of esters is 1. The summed E-state index contributed by atoms with van der Waals surface area (Å²) in [6.07, 6.45) is 1.93. The lowest BCUT2D eigenvalue weighted by Crippen LogP contribution is -2.51. The summed E-state index contributed by atoms with van der Waals surface area (Å²) in [5.41, 5.74) is 5.71. The SMILES string of the molecule is COc1ccc(CC(=O)OCC(=O)N2CCCC[C@H]2C(N)=O)cc1F. The summed E-state index contributed by atoms with van der Waals surface area (Å²) < 4.78 is 23.3. The minimum Gasteiger partial charge on any atom is -0.494 e. The molecular weight excluding hydrogens is 331 g/mol. The summed E-state index contributed by atoms with van der Waals surface area (Å²) in [4.78, 5) is 36.8. The molecular formula is C17H21FN2O5. The second-order valence-electron chi connectivity index (χ2n) is 5.81. The molecule has 0 aliphatic carbocycles. The molecule has 136 valence electrons. The Balaban J connectivity index is 1.87. The fraction of sp³-hybridized carbons (Fsp3) is 0.471. The van der Waals surface area contributed by atoms with Crippen molar-refractivity contribution in [1.29, 1.82) is 0 Å². The lowest BCUT2D eigenvalue weighted by molar-refractivity contribution is -0.154. The number of nitrogens with two attached hydrogens (primary N) is 1. The molecule has 0 spiro atoms. The van der Waals surface area contributed by atoms with Gasteiger partial charge in [-0.15, -0.1) is 0 Å². The highest BCUT2D eigenvalue weighted by molar-refractivity contribution is 5.88. The second-order valence-corrected chi connectivity index (χ2v) is 5.81. The van der Waals surface area contributed by atoms with E-state index in [-0.39, 0.29) is 12.2 Å². The zero-order valence-electron chi connectivity index (χ0n) is 14.0. The van der Waals surface area contributed by atoms with Gasteiger partial charge in [0, 0.05) is 6.54 Å². The van der Waals surface area contributed by atoms with Crippen LogP contribution in [0.1, 0.15) is 24.8 Å². The third-order valence-electron chi connectivity index (χ3n) is 4.07. The maximum Gasteiger partial charge on any atom is 0.310 e. The first-order valence-electron chi connectivity index (χ1n) is 7.99. The Hall–Kier alpha value is -2.64. The smallest absolute Gasteiger partial charge is 0.310 e. The van der Waals surface area contributed by atoms with E-state index in [2.05, 4.69) is 0 Å². The highest BCUT2D eigenvalue weighted by Crippen LogP contribution is 2.19. The van der Waals surface area contributed by atoms with Crippen molar-refractivity contribution < 1.29 is 28.2 Å². The van der Waals surface area contributed by atoms with Crippen molar-refractivity contribution in [3.63, 3.8) is 0 Å². The first-order valence-corrected chi connectivity index (χ1v) is 7.99. The summed E-state index contributed by atoms with van der Waals surface area (Å²) in [5.74, 6) is -2.19. The fourth-order valence-electron chi connectivity index (χ4n) is 2.79. The van der Waals surface area contributed by atoms with Gasteiger partial charge in [0.15, 0.2) is 18.2 Å². The van der Waals surface area contributed by atoms with E-state index in [0.29, 0.717) is 18.5 Å². The van der Waals surface area contributed by atoms with E-state index in [1.807, 2.05) is 0 Å². The topological polar surface area (TPSA) is 98.9 Å². The van der Waals surface area contributed by atoms with Crippen LogP contribution < -0.4 is 10.5 Å². The van der Waals surface area contributed by atoms with Crippen LogP contribution in [0.2, 0.25) is 0 Å². The highest BCUT2D eigenvalue weighted by atomic mass is 19.1. The lowest BCUT2D eigenvalue weighted by Gasteiger charge is -2.33. The van der Waals surface area contributed by atoms with Crippen LogP contribution in [0.3, 0.4) is 0 Å². The van der Waals surface area contributed by atoms with Crippen molar-refractivity contribution in [2.24, 2.45) is 5.73 Å². The average Bonchev–Trinajstić information content (AvgIpc) is 2.59. The molecule has 2 rings (SSSR count). The molecule has 1 aromatic rings. The van der Waals surface area contributed by atoms with Gasteiger partial charge >= 0.3 is 5.97 Å². The van der Waals surface area contributed by atoms with Gasteiger partial charge in [-0.1, -0.05) is 6.07 Å². The van der Waals surface area contributed by atoms with Crippen molar-refractivity contribution in [3.05, 3.63) is 29.6 Å². The summed E-state index contributed by atoms with van der Waals surface area (Å²) in [6, 6.07) is 3.47. The minimum absolute atomic E-state index is 0.0786. The van der Waals surface area contributed by atoms with Gasteiger partial charge in [0.25, 0.3) is 5.91 Å². The van der Waals surface area contributed by atoms with Crippen LogP contribution in [0.15, 0.2) is 18.2 Å². The Morgan fingerprint density at radius 1 is 1.32 bits per heavy atom. The highest BCUT2D eigenvalue weighted by Gasteiger charge is 2.30. The molecule has 0 aromatic heterocycles. The molecule has 1 saturated heterocycles. The molecule has 1 fully saturated rings. The lowest BCUT2D eigenvalue weighted by atomic mass is 10.0. The predicted molar refractivity (Wildman–Crippen MR) is 86.2 cm³/mol. The van der Waals surface area contributed by atoms with Crippen molar-refractivity contribution in [2.45, 2.75) is 31.7 Å². The Morgan fingerprint density at radius 3 is 2.72 bits per heavy atom. The van der Waals surface area contributed by atoms with Gasteiger partial charge in [0.05, 0.1) is 13.5 Å². The molecule has 0 bridgehead atoms. The molecule has 1 aliphatic heterocycles. The van der Waals surface area contributed by atoms with E-state index in [1.54, 1.807) is 6.07 Å². The quantitative estimate of drug-likeness (QED) is 0.763. The second kappa shape index (κ2) is 8.46. The largest absolute Gasteiger partial charge is 0.494 e. The number of amides is 2. The average molecular weight is 352 g/mol. The molecule has 2 N–H and O–H groups in total. The number of hydrogen-bond acceptors (Lipinski definition) is 5. The number of nitrogens with zero attached hydrogens (tertiary/aromatic N) is 1. The van der Waals surface area contributed by atoms with Crippen LogP contribution in [0.5, 0.6) is 5.75 Å². The molecule has 1 aromatic carbocycles. The number of ether oxygens (including phenoxy) is 2. The molecule has 1 atom stereocenters. The molecule has 25 heavy (non-hydrogen) atoms. The van der Waals surface area contributed by atoms with Gasteiger partial charge in [-0.2, -0.15) is 0 Å². The number of piperidine rings is 1. The van der Waals surface area contributed by atoms with E-state index in [1.165, 1.54) is 24.1 Å². The standard InChI is InChI=1S/C17H21FN2O5/c1-24-14-6-5-11(8-12(14)18)9-16(22)25-10-15(21)20-7-3-2-4-13(20)17(19)23/h5-6,8,13H,2-4,7,9-10H2,1H3,(H2,19,23)/t13-/m0/s1. The zero-order chi connectivity index (χ0) is 18.4. The number of methoxy groups -OCH3 is 1. The monoisotopic (exact) mass is 352 g/mol. The Morgan fingerprint density at radius 2 is 2.08 bits per heavy atom. The van der Waals surface area contributed by atoms with Gasteiger partial charge in [-0.25, -0.2) is 4.39 Å². The van der Waals surface area contributed by atoms with Crippen LogP contribution in [-0.4, -0.2) is 49.0 Å². The van der Waals surface area contributed by atoms with Crippen LogP contribution in [0.4, 0.5) is 4.39 Å². The number of rotatable bonds is 6. The minimum atomic E-state index is -0.662. The molecule has 8 heteroatoms. The molecule has 2 amide bonds. The van der Waals surface area contributed by atoms with E-state index in [9.17, 15) is 18.8 Å². The molecule has 7 nitrogen and oxygen atoms in total. The molecule has 1 heterocycles. The van der Waals surface area contributed by atoms with Gasteiger partial charge < -0.3 is 20.1 Å². The third-order valence-corrected chi connectivity index (χ3v) is 4.07. The van der Waals surface area contributed by atoms with Gasteiger partial charge in [0.1, 0.15) is 6.04 Å². The van der Waals surface area contributed by atoms with Crippen LogP contribution in [0.25, 0.3) is 0 Å². The summed E-state index contributed by atoms with van der Waals surface area (Å²) >= 11 is 0. The van der Waals surface area contributed by atoms with Crippen LogP contribution in [-0.2, 0) is 25.5 Å². The normalized spacial score (nSPS) is 17.0. The van der Waals surface area contributed by atoms with E-state index in [0.717, 1.165) is 12.8 Å². The Kier molecular flexibility index (Phi) is 6.32. The molecule has 1 aliphatic rings. The van der Waals surface area contributed by atoms with Gasteiger partial charge in [-0.05, 0) is 37.0 Å². The first-order chi connectivity index (χ1) is 11.9. The number of likely N-dealkylation sites (tertiary alicyclic amines) is 1. The van der Waals surface area contributed by atoms with E-state index in [4.69, 9.17) is 15.2 Å². The third kappa shape index (κ3) is 4.91. The maximum atomic E-state index is 13.6. The van der Waals surface area contributed by atoms with Crippen molar-refractivity contribution >= 4 is 17.8 Å². The number of hydrogen-bond donors (Lipinski definition) is 1. The Bertz CT molecular complexity index is 664. The van der Waals surface area contributed by atoms with E-state index < -0.39 is 36.2 Å².